The zero-order chi connectivity index (χ0) is 9.84. The van der Waals surface area contributed by atoms with Gasteiger partial charge in [0.25, 0.3) is 0 Å². The summed E-state index contributed by atoms with van der Waals surface area (Å²) in [5, 5.41) is 8.91. The molecular weight excluding hydrogens is 164 g/mol. The predicted octanol–water partition coefficient (Wildman–Crippen LogP) is 2.92. The summed E-state index contributed by atoms with van der Waals surface area (Å²) in [7, 11) is 0. The third-order valence-corrected chi connectivity index (χ3v) is 3.54. The van der Waals surface area contributed by atoms with Crippen molar-refractivity contribution >= 4 is 5.97 Å². The largest absolute Gasteiger partial charge is 0.481 e. The van der Waals surface area contributed by atoms with Crippen molar-refractivity contribution in [1.82, 2.24) is 0 Å². The van der Waals surface area contributed by atoms with Crippen molar-refractivity contribution in [3.8, 4) is 0 Å². The normalized spacial score (nSPS) is 34.5. The SMILES string of the molecule is CCC1CCC(C(=O)O)CC1CC. The lowest BCUT2D eigenvalue weighted by molar-refractivity contribution is -0.143. The summed E-state index contributed by atoms with van der Waals surface area (Å²) < 4.78 is 0. The summed E-state index contributed by atoms with van der Waals surface area (Å²) in [6, 6.07) is 0. The highest BCUT2D eigenvalue weighted by atomic mass is 16.4. The molecule has 1 aliphatic rings. The van der Waals surface area contributed by atoms with Crippen LogP contribution in [0.5, 0.6) is 0 Å². The molecule has 1 N–H and O–H groups in total. The first kappa shape index (κ1) is 10.6. The number of carboxylic acid groups (broad SMARTS) is 1. The second-order valence-electron chi connectivity index (χ2n) is 4.18. The number of carboxylic acids is 1. The molecule has 0 radical (unpaired) electrons. The van der Waals surface area contributed by atoms with Gasteiger partial charge in [0.05, 0.1) is 5.92 Å². The molecule has 3 unspecified atom stereocenters. The molecule has 76 valence electrons. The van der Waals surface area contributed by atoms with E-state index in [4.69, 9.17) is 5.11 Å². The molecule has 1 aliphatic carbocycles. The van der Waals surface area contributed by atoms with Crippen LogP contribution in [0, 0.1) is 17.8 Å². The molecule has 2 nitrogen and oxygen atoms in total. The van der Waals surface area contributed by atoms with E-state index in [0.717, 1.165) is 31.6 Å². The summed E-state index contributed by atoms with van der Waals surface area (Å²) in [5.41, 5.74) is 0. The van der Waals surface area contributed by atoms with E-state index in [0.29, 0.717) is 5.92 Å². The van der Waals surface area contributed by atoms with Crippen LogP contribution in [0.3, 0.4) is 0 Å². The van der Waals surface area contributed by atoms with Gasteiger partial charge in [-0.3, -0.25) is 4.79 Å². The van der Waals surface area contributed by atoms with Crippen molar-refractivity contribution in [2.24, 2.45) is 17.8 Å². The molecule has 0 spiro atoms. The Hall–Kier alpha value is -0.530. The van der Waals surface area contributed by atoms with Crippen molar-refractivity contribution in [2.75, 3.05) is 0 Å². The zero-order valence-electron chi connectivity index (χ0n) is 8.62. The number of rotatable bonds is 3. The number of aliphatic carboxylic acids is 1. The van der Waals surface area contributed by atoms with Gasteiger partial charge in [0.15, 0.2) is 0 Å². The third-order valence-electron chi connectivity index (χ3n) is 3.54. The maximum absolute atomic E-state index is 10.8. The van der Waals surface area contributed by atoms with Crippen LogP contribution >= 0.6 is 0 Å². The van der Waals surface area contributed by atoms with Crippen molar-refractivity contribution in [3.63, 3.8) is 0 Å². The van der Waals surface area contributed by atoms with Gasteiger partial charge in [-0.25, -0.2) is 0 Å². The molecule has 1 saturated carbocycles. The number of hydrogen-bond acceptors (Lipinski definition) is 1. The van der Waals surface area contributed by atoms with E-state index in [1.165, 1.54) is 6.42 Å². The molecule has 0 bridgehead atoms. The van der Waals surface area contributed by atoms with Gasteiger partial charge in [-0.05, 0) is 31.1 Å². The standard InChI is InChI=1S/C11H20O2/c1-3-8-5-6-10(11(12)13)7-9(8)4-2/h8-10H,3-7H2,1-2H3,(H,12,13). The van der Waals surface area contributed by atoms with Gasteiger partial charge in [-0.2, -0.15) is 0 Å². The van der Waals surface area contributed by atoms with Gasteiger partial charge < -0.3 is 5.11 Å². The average Bonchev–Trinajstić information content (AvgIpc) is 2.16. The first-order chi connectivity index (χ1) is 6.19. The van der Waals surface area contributed by atoms with Gasteiger partial charge in [0.2, 0.25) is 0 Å². The molecule has 0 aromatic carbocycles. The Morgan fingerprint density at radius 3 is 2.31 bits per heavy atom. The van der Waals surface area contributed by atoms with E-state index in [9.17, 15) is 4.79 Å². The highest BCUT2D eigenvalue weighted by Crippen LogP contribution is 2.37. The minimum absolute atomic E-state index is 0.0623. The van der Waals surface area contributed by atoms with Crippen LogP contribution in [0.1, 0.15) is 46.0 Å². The van der Waals surface area contributed by atoms with Gasteiger partial charge in [0.1, 0.15) is 0 Å². The second-order valence-corrected chi connectivity index (χ2v) is 4.18. The Labute approximate surface area is 80.3 Å². The maximum Gasteiger partial charge on any atom is 0.306 e. The Balaban J connectivity index is 2.52. The highest BCUT2D eigenvalue weighted by Gasteiger charge is 2.31. The lowest BCUT2D eigenvalue weighted by atomic mass is 9.72. The number of carbonyl (C=O) groups is 1. The first-order valence-corrected chi connectivity index (χ1v) is 5.41. The summed E-state index contributed by atoms with van der Waals surface area (Å²) in [6.07, 6.45) is 5.27. The minimum Gasteiger partial charge on any atom is -0.481 e. The molecule has 2 heteroatoms. The van der Waals surface area contributed by atoms with E-state index in [1.54, 1.807) is 0 Å². The molecule has 0 heterocycles. The van der Waals surface area contributed by atoms with Crippen LogP contribution in [0.25, 0.3) is 0 Å². The van der Waals surface area contributed by atoms with Crippen molar-refractivity contribution < 1.29 is 9.90 Å². The van der Waals surface area contributed by atoms with E-state index in [1.807, 2.05) is 0 Å². The van der Waals surface area contributed by atoms with Gasteiger partial charge in [-0.1, -0.05) is 26.7 Å². The van der Waals surface area contributed by atoms with E-state index < -0.39 is 5.97 Å². The van der Waals surface area contributed by atoms with E-state index in [2.05, 4.69) is 13.8 Å². The summed E-state index contributed by atoms with van der Waals surface area (Å²) in [4.78, 5) is 10.8. The molecule has 0 aliphatic heterocycles. The summed E-state index contributed by atoms with van der Waals surface area (Å²) in [6.45, 7) is 4.39. The molecule has 3 atom stereocenters. The lowest BCUT2D eigenvalue weighted by Gasteiger charge is -2.33. The third kappa shape index (κ3) is 2.45. The van der Waals surface area contributed by atoms with Gasteiger partial charge in [0, 0.05) is 0 Å². The van der Waals surface area contributed by atoms with Crippen LogP contribution in [-0.4, -0.2) is 11.1 Å². The van der Waals surface area contributed by atoms with Crippen molar-refractivity contribution in [2.45, 2.75) is 46.0 Å². The fraction of sp³-hybridized carbons (Fsp3) is 0.909. The average molecular weight is 184 g/mol. The molecule has 0 amide bonds. The Kier molecular flexibility index (Phi) is 3.76. The minimum atomic E-state index is -0.590. The van der Waals surface area contributed by atoms with E-state index in [-0.39, 0.29) is 5.92 Å². The topological polar surface area (TPSA) is 37.3 Å². The number of hydrogen-bond donors (Lipinski definition) is 1. The van der Waals surface area contributed by atoms with Crippen molar-refractivity contribution in [1.29, 1.82) is 0 Å². The van der Waals surface area contributed by atoms with Gasteiger partial charge in [-0.15, -0.1) is 0 Å². The van der Waals surface area contributed by atoms with E-state index >= 15 is 0 Å². The molecule has 0 aromatic heterocycles. The van der Waals surface area contributed by atoms with Crippen LogP contribution in [0.4, 0.5) is 0 Å². The summed E-state index contributed by atoms with van der Waals surface area (Å²) in [5.74, 6) is 0.779. The molecule has 0 saturated heterocycles. The molecule has 1 fully saturated rings. The van der Waals surface area contributed by atoms with Crippen molar-refractivity contribution in [3.05, 3.63) is 0 Å². The predicted molar refractivity (Wildman–Crippen MR) is 52.5 cm³/mol. The van der Waals surface area contributed by atoms with Crippen LogP contribution in [0.15, 0.2) is 0 Å². The Bertz CT molecular complexity index is 177. The Morgan fingerprint density at radius 1 is 1.23 bits per heavy atom. The molecular formula is C11H20O2. The van der Waals surface area contributed by atoms with Gasteiger partial charge >= 0.3 is 5.97 Å². The smallest absolute Gasteiger partial charge is 0.306 e. The summed E-state index contributed by atoms with van der Waals surface area (Å²) >= 11 is 0. The second kappa shape index (κ2) is 4.64. The quantitative estimate of drug-likeness (QED) is 0.732. The first-order valence-electron chi connectivity index (χ1n) is 5.41. The van der Waals surface area contributed by atoms with Crippen LogP contribution in [0.2, 0.25) is 0 Å². The monoisotopic (exact) mass is 184 g/mol. The lowest BCUT2D eigenvalue weighted by Crippen LogP contribution is -2.28. The van der Waals surface area contributed by atoms with Crippen LogP contribution in [-0.2, 0) is 4.79 Å². The fourth-order valence-corrected chi connectivity index (χ4v) is 2.59. The molecule has 0 aromatic rings. The maximum atomic E-state index is 10.8. The zero-order valence-corrected chi connectivity index (χ0v) is 8.62. The fourth-order valence-electron chi connectivity index (χ4n) is 2.59. The highest BCUT2D eigenvalue weighted by molar-refractivity contribution is 5.70. The molecule has 1 rings (SSSR count). The van der Waals surface area contributed by atoms with Crippen LogP contribution < -0.4 is 0 Å². The Morgan fingerprint density at radius 2 is 1.85 bits per heavy atom. The molecule has 13 heavy (non-hydrogen) atoms.